The lowest BCUT2D eigenvalue weighted by Gasteiger charge is -2.00. The minimum atomic E-state index is 0.710. The van der Waals surface area contributed by atoms with Crippen LogP contribution in [0.5, 0.6) is 0 Å². The molecule has 3 nitrogen and oxygen atoms in total. The summed E-state index contributed by atoms with van der Waals surface area (Å²) in [5.41, 5.74) is 2.25. The van der Waals surface area contributed by atoms with E-state index in [2.05, 4.69) is 47.9 Å². The lowest BCUT2D eigenvalue weighted by molar-refractivity contribution is 0.599. The third kappa shape index (κ3) is 12.3. The number of rotatable bonds is 18. The summed E-state index contributed by atoms with van der Waals surface area (Å²) in [7, 11) is 0. The van der Waals surface area contributed by atoms with Crippen molar-refractivity contribution < 1.29 is 0 Å². The first kappa shape index (κ1) is 24.8. The average Bonchev–Trinajstić information content (AvgIpc) is 3.12. The molecule has 0 aromatic carbocycles. The van der Waals surface area contributed by atoms with Crippen LogP contribution in [0.25, 0.3) is 0 Å². The average molecular weight is 388 g/mol. The van der Waals surface area contributed by atoms with E-state index < -0.39 is 0 Å². The largest absolute Gasteiger partial charge is 0.249 e. The molecule has 0 aliphatic carbocycles. The number of hydrogen-bond donors (Lipinski definition) is 0. The van der Waals surface area contributed by atoms with Crippen LogP contribution in [-0.4, -0.2) is 23.9 Å². The quantitative estimate of drug-likeness (QED) is 0.168. The van der Waals surface area contributed by atoms with E-state index in [4.69, 9.17) is 0 Å². The summed E-state index contributed by atoms with van der Waals surface area (Å²) in [6, 6.07) is 0. The van der Waals surface area contributed by atoms with E-state index in [1.54, 1.807) is 0 Å². The molecule has 0 amide bonds. The van der Waals surface area contributed by atoms with Crippen LogP contribution in [0.15, 0.2) is 27.1 Å². The van der Waals surface area contributed by atoms with Gasteiger partial charge in [0.15, 0.2) is 0 Å². The highest BCUT2D eigenvalue weighted by Crippen LogP contribution is 2.11. The van der Waals surface area contributed by atoms with E-state index in [9.17, 15) is 0 Å². The molecule has 160 valence electrons. The number of allylic oxidation sites excluding steroid dienone is 2. The summed E-state index contributed by atoms with van der Waals surface area (Å²) in [5, 5.41) is 0. The van der Waals surface area contributed by atoms with Gasteiger partial charge in [0.05, 0.1) is 11.4 Å². The van der Waals surface area contributed by atoms with Crippen LogP contribution < -0.4 is 0 Å². The molecule has 0 bridgehead atoms. The molecule has 0 aromatic heterocycles. The van der Waals surface area contributed by atoms with Crippen molar-refractivity contribution in [3.63, 3.8) is 0 Å². The van der Waals surface area contributed by atoms with E-state index in [1.165, 1.54) is 83.5 Å². The predicted octanol–water partition coefficient (Wildman–Crippen LogP) is 8.10. The molecule has 1 aliphatic rings. The first-order valence-corrected chi connectivity index (χ1v) is 12.2. The normalized spacial score (nSPS) is 14.0. The summed E-state index contributed by atoms with van der Waals surface area (Å²) < 4.78 is 0. The Morgan fingerprint density at radius 3 is 1.57 bits per heavy atom. The van der Waals surface area contributed by atoms with Crippen molar-refractivity contribution in [3.8, 4) is 0 Å². The number of guanidine groups is 1. The van der Waals surface area contributed by atoms with Gasteiger partial charge in [-0.3, -0.25) is 0 Å². The van der Waals surface area contributed by atoms with Crippen LogP contribution in [0.3, 0.4) is 0 Å². The molecular weight excluding hydrogens is 342 g/mol. The van der Waals surface area contributed by atoms with E-state index >= 15 is 0 Å². The second kappa shape index (κ2) is 17.8. The molecule has 0 fully saturated rings. The summed E-state index contributed by atoms with van der Waals surface area (Å²) in [6.07, 6.45) is 25.5. The maximum atomic E-state index is 4.56. The first-order valence-electron chi connectivity index (χ1n) is 12.2. The fraction of sp³-hybridized carbons (Fsp3) is 0.800. The van der Waals surface area contributed by atoms with E-state index in [1.807, 2.05) is 0 Å². The highest BCUT2D eigenvalue weighted by molar-refractivity contribution is 6.48. The van der Waals surface area contributed by atoms with E-state index in [-0.39, 0.29) is 0 Å². The van der Waals surface area contributed by atoms with E-state index in [0.29, 0.717) is 5.96 Å². The Bertz CT molecular complexity index is 478. The van der Waals surface area contributed by atoms with Crippen molar-refractivity contribution in [2.45, 2.75) is 124 Å². The van der Waals surface area contributed by atoms with Crippen molar-refractivity contribution in [3.05, 3.63) is 12.2 Å². The van der Waals surface area contributed by atoms with Gasteiger partial charge in [0.25, 0.3) is 0 Å². The van der Waals surface area contributed by atoms with Crippen molar-refractivity contribution in [1.29, 1.82) is 0 Å². The Morgan fingerprint density at radius 2 is 1.07 bits per heavy atom. The lowest BCUT2D eigenvalue weighted by Crippen LogP contribution is -2.07. The van der Waals surface area contributed by atoms with E-state index in [0.717, 1.165) is 37.2 Å². The number of aliphatic imine (C=N–C) groups is 3. The number of unbranched alkanes of at least 4 members (excludes halogenated alkanes) is 12. The molecule has 0 N–H and O–H groups in total. The second-order valence-electron chi connectivity index (χ2n) is 7.94. The van der Waals surface area contributed by atoms with Gasteiger partial charge in [-0.2, -0.15) is 0 Å². The van der Waals surface area contributed by atoms with Crippen LogP contribution in [0.4, 0.5) is 0 Å². The molecule has 0 spiro atoms. The SMILES string of the molecule is CCCCCCCC/C=C\CCCCCCCCN=C1N=C(CC)C(CC)=N1. The molecule has 0 atom stereocenters. The Kier molecular flexibility index (Phi) is 15.8. The third-order valence-corrected chi connectivity index (χ3v) is 5.40. The van der Waals surface area contributed by atoms with Gasteiger partial charge in [-0.1, -0.05) is 90.7 Å². The smallest absolute Gasteiger partial charge is 0.245 e. The fourth-order valence-corrected chi connectivity index (χ4v) is 3.57. The zero-order valence-electron chi connectivity index (χ0n) is 19.0. The monoisotopic (exact) mass is 387 g/mol. The molecule has 1 rings (SSSR count). The highest BCUT2D eigenvalue weighted by Gasteiger charge is 2.13. The van der Waals surface area contributed by atoms with Gasteiger partial charge in [-0.15, -0.1) is 0 Å². The Balaban J connectivity index is 1.88. The molecule has 28 heavy (non-hydrogen) atoms. The van der Waals surface area contributed by atoms with Gasteiger partial charge in [-0.05, 0) is 44.9 Å². The molecule has 0 saturated heterocycles. The van der Waals surface area contributed by atoms with Crippen molar-refractivity contribution >= 4 is 17.4 Å². The van der Waals surface area contributed by atoms with Gasteiger partial charge in [0.1, 0.15) is 0 Å². The van der Waals surface area contributed by atoms with Crippen LogP contribution >= 0.6 is 0 Å². The van der Waals surface area contributed by atoms with Crippen LogP contribution in [0.1, 0.15) is 124 Å². The van der Waals surface area contributed by atoms with Gasteiger partial charge in [0.2, 0.25) is 5.96 Å². The fourth-order valence-electron chi connectivity index (χ4n) is 3.57. The molecule has 0 unspecified atom stereocenters. The summed E-state index contributed by atoms with van der Waals surface area (Å²) in [5.74, 6) is 0.710. The topological polar surface area (TPSA) is 37.1 Å². The molecule has 0 radical (unpaired) electrons. The van der Waals surface area contributed by atoms with Crippen molar-refractivity contribution in [2.24, 2.45) is 15.0 Å². The Hall–Kier alpha value is -1.25. The molecule has 0 aromatic rings. The number of nitrogens with zero attached hydrogens (tertiary/aromatic N) is 3. The number of hydrogen-bond acceptors (Lipinski definition) is 1. The van der Waals surface area contributed by atoms with Crippen LogP contribution in [-0.2, 0) is 0 Å². The minimum Gasteiger partial charge on any atom is -0.249 e. The molecule has 0 saturated carbocycles. The summed E-state index contributed by atoms with van der Waals surface area (Å²) in [4.78, 5) is 13.6. The standard InChI is InChI=1S/C25H45N3/c1-4-7-8-9-10-11-12-13-14-15-16-17-18-19-20-21-22-26-25-27-23(5-2)24(6-3)28-25/h13-14H,4-12,15-22H2,1-3H3/b14-13-. The zero-order chi connectivity index (χ0) is 20.3. The third-order valence-electron chi connectivity index (χ3n) is 5.40. The maximum absolute atomic E-state index is 4.56. The van der Waals surface area contributed by atoms with Gasteiger partial charge < -0.3 is 0 Å². The maximum Gasteiger partial charge on any atom is 0.245 e. The van der Waals surface area contributed by atoms with Crippen molar-refractivity contribution in [1.82, 2.24) is 0 Å². The molecule has 1 heterocycles. The van der Waals surface area contributed by atoms with Gasteiger partial charge in [-0.25, -0.2) is 15.0 Å². The van der Waals surface area contributed by atoms with Crippen LogP contribution in [0.2, 0.25) is 0 Å². The Morgan fingerprint density at radius 1 is 0.607 bits per heavy atom. The lowest BCUT2D eigenvalue weighted by atomic mass is 10.1. The molecule has 3 heteroatoms. The van der Waals surface area contributed by atoms with Gasteiger partial charge >= 0.3 is 0 Å². The summed E-state index contributed by atoms with van der Waals surface area (Å²) in [6.45, 7) is 7.43. The Labute approximate surface area is 174 Å². The molecule has 1 aliphatic heterocycles. The van der Waals surface area contributed by atoms with Gasteiger partial charge in [0, 0.05) is 6.54 Å². The molecular formula is C25H45N3. The highest BCUT2D eigenvalue weighted by atomic mass is 15.1. The minimum absolute atomic E-state index is 0.710. The second-order valence-corrected chi connectivity index (χ2v) is 7.94. The van der Waals surface area contributed by atoms with Crippen LogP contribution in [0, 0.1) is 0 Å². The predicted molar refractivity (Wildman–Crippen MR) is 127 cm³/mol. The van der Waals surface area contributed by atoms with Crippen molar-refractivity contribution in [2.75, 3.05) is 6.54 Å². The summed E-state index contributed by atoms with van der Waals surface area (Å²) >= 11 is 0. The first-order chi connectivity index (χ1) is 13.8. The zero-order valence-corrected chi connectivity index (χ0v) is 19.0.